The average Bonchev–Trinajstić information content (AvgIpc) is 3.41. The van der Waals surface area contributed by atoms with Gasteiger partial charge in [-0.25, -0.2) is 0 Å². The first-order valence-electron chi connectivity index (χ1n) is 13.3. The van der Waals surface area contributed by atoms with Crippen LogP contribution in [-0.4, -0.2) is 51.9 Å². The van der Waals surface area contributed by atoms with Crippen molar-refractivity contribution in [1.82, 2.24) is 9.80 Å². The van der Waals surface area contributed by atoms with Crippen molar-refractivity contribution in [2.75, 3.05) is 25.4 Å². The molecule has 0 unspecified atom stereocenters. The van der Waals surface area contributed by atoms with Crippen LogP contribution in [0.1, 0.15) is 89.9 Å². The van der Waals surface area contributed by atoms with E-state index < -0.39 is 0 Å². The molecule has 5 saturated carbocycles. The number of amides is 2. The van der Waals surface area contributed by atoms with Crippen LogP contribution in [0.2, 0.25) is 0 Å². The number of thioether (sulfide) groups is 1. The highest BCUT2D eigenvalue weighted by Gasteiger charge is 2.56. The van der Waals surface area contributed by atoms with Crippen molar-refractivity contribution in [2.45, 2.75) is 94.8 Å². The summed E-state index contributed by atoms with van der Waals surface area (Å²) in [4.78, 5) is 31.3. The molecule has 0 aromatic heterocycles. The van der Waals surface area contributed by atoms with Crippen LogP contribution in [0, 0.1) is 29.1 Å². The minimum Gasteiger partial charge on any atom is -0.342 e. The van der Waals surface area contributed by atoms with Crippen molar-refractivity contribution in [3.05, 3.63) is 0 Å². The van der Waals surface area contributed by atoms with Gasteiger partial charge in [-0.05, 0) is 81.5 Å². The predicted octanol–water partition coefficient (Wildman–Crippen LogP) is 5.07. The minimum absolute atomic E-state index is 0.0150. The SMILES string of the molecule is O=C(CCC1CCCC1)N1CCSC12CCN(C(=O)C13CC4CC(CC(C4)C1)C3)CC2. The van der Waals surface area contributed by atoms with Crippen LogP contribution in [0.15, 0.2) is 0 Å². The molecule has 7 rings (SSSR count). The number of hydrogen-bond acceptors (Lipinski definition) is 3. The van der Waals surface area contributed by atoms with E-state index in [9.17, 15) is 9.59 Å². The van der Waals surface area contributed by atoms with Gasteiger partial charge in [0.2, 0.25) is 11.8 Å². The monoisotopic (exact) mass is 444 g/mol. The van der Waals surface area contributed by atoms with Crippen LogP contribution >= 0.6 is 11.8 Å². The zero-order valence-electron chi connectivity index (χ0n) is 19.2. The fraction of sp³-hybridized carbons (Fsp3) is 0.923. The van der Waals surface area contributed by atoms with Gasteiger partial charge in [-0.3, -0.25) is 9.59 Å². The minimum atomic E-state index is -0.0228. The number of carbonyl (C=O) groups excluding carboxylic acids is 2. The molecule has 4 bridgehead atoms. The Kier molecular flexibility index (Phi) is 5.35. The molecule has 172 valence electrons. The number of likely N-dealkylation sites (tertiary alicyclic amines) is 1. The van der Waals surface area contributed by atoms with Gasteiger partial charge in [0, 0.05) is 31.8 Å². The predicted molar refractivity (Wildman–Crippen MR) is 125 cm³/mol. The maximum absolute atomic E-state index is 13.8. The lowest BCUT2D eigenvalue weighted by Gasteiger charge is -2.57. The molecule has 2 aliphatic heterocycles. The molecule has 0 aromatic carbocycles. The summed E-state index contributed by atoms with van der Waals surface area (Å²) in [5, 5.41) is 0. The highest BCUT2D eigenvalue weighted by Crippen LogP contribution is 2.61. The van der Waals surface area contributed by atoms with Gasteiger partial charge < -0.3 is 9.80 Å². The molecule has 2 amide bonds. The van der Waals surface area contributed by atoms with E-state index in [1.165, 1.54) is 64.2 Å². The summed E-state index contributed by atoms with van der Waals surface area (Å²) in [5.41, 5.74) is -0.0150. The molecule has 2 heterocycles. The highest BCUT2D eigenvalue weighted by molar-refractivity contribution is 8.00. The smallest absolute Gasteiger partial charge is 0.228 e. The van der Waals surface area contributed by atoms with Crippen molar-refractivity contribution in [3.63, 3.8) is 0 Å². The van der Waals surface area contributed by atoms with Crippen molar-refractivity contribution < 1.29 is 9.59 Å². The normalized spacial score (nSPS) is 39.0. The second kappa shape index (κ2) is 7.95. The van der Waals surface area contributed by atoms with Crippen LogP contribution < -0.4 is 0 Å². The second-order valence-corrected chi connectivity index (χ2v) is 13.5. The van der Waals surface area contributed by atoms with Crippen molar-refractivity contribution in [1.29, 1.82) is 0 Å². The van der Waals surface area contributed by atoms with Crippen LogP contribution in [0.4, 0.5) is 0 Å². The van der Waals surface area contributed by atoms with E-state index in [4.69, 9.17) is 0 Å². The summed E-state index contributed by atoms with van der Waals surface area (Å²) >= 11 is 2.00. The summed E-state index contributed by atoms with van der Waals surface area (Å²) < 4.78 is 0. The van der Waals surface area contributed by atoms with Crippen molar-refractivity contribution in [3.8, 4) is 0 Å². The number of rotatable bonds is 4. The maximum Gasteiger partial charge on any atom is 0.228 e. The molecule has 5 heteroatoms. The lowest BCUT2D eigenvalue weighted by molar-refractivity contribution is -0.159. The van der Waals surface area contributed by atoms with Gasteiger partial charge in [-0.2, -0.15) is 0 Å². The Balaban J connectivity index is 1.08. The second-order valence-electron chi connectivity index (χ2n) is 12.0. The first-order chi connectivity index (χ1) is 15.1. The van der Waals surface area contributed by atoms with E-state index in [-0.39, 0.29) is 10.3 Å². The van der Waals surface area contributed by atoms with Crippen LogP contribution in [0.5, 0.6) is 0 Å². The third kappa shape index (κ3) is 3.65. The van der Waals surface area contributed by atoms with Gasteiger partial charge in [0.15, 0.2) is 0 Å². The molecule has 7 fully saturated rings. The van der Waals surface area contributed by atoms with Crippen molar-refractivity contribution in [2.24, 2.45) is 29.1 Å². The van der Waals surface area contributed by atoms with E-state index >= 15 is 0 Å². The van der Waals surface area contributed by atoms with E-state index in [1.54, 1.807) is 0 Å². The zero-order chi connectivity index (χ0) is 21.1. The molecule has 5 aliphatic carbocycles. The summed E-state index contributed by atoms with van der Waals surface area (Å²) in [6.07, 6.45) is 16.8. The Morgan fingerprint density at radius 2 is 1.48 bits per heavy atom. The third-order valence-corrected chi connectivity index (χ3v) is 11.6. The number of piperidine rings is 1. The number of hydrogen-bond donors (Lipinski definition) is 0. The van der Waals surface area contributed by atoms with Crippen LogP contribution in [0.25, 0.3) is 0 Å². The molecule has 0 radical (unpaired) electrons. The summed E-state index contributed by atoms with van der Waals surface area (Å²) in [7, 11) is 0. The number of nitrogens with zero attached hydrogens (tertiary/aromatic N) is 2. The van der Waals surface area contributed by atoms with Gasteiger partial charge in [0.25, 0.3) is 0 Å². The third-order valence-electron chi connectivity index (χ3n) is 10.0. The molecule has 2 saturated heterocycles. The summed E-state index contributed by atoms with van der Waals surface area (Å²) in [6.45, 7) is 2.64. The lowest BCUT2D eigenvalue weighted by Crippen LogP contribution is -2.58. The quantitative estimate of drug-likeness (QED) is 0.608. The van der Waals surface area contributed by atoms with E-state index in [2.05, 4.69) is 9.80 Å². The van der Waals surface area contributed by atoms with Crippen LogP contribution in [-0.2, 0) is 9.59 Å². The zero-order valence-corrected chi connectivity index (χ0v) is 20.0. The first kappa shape index (κ1) is 20.9. The lowest BCUT2D eigenvalue weighted by atomic mass is 9.49. The molecular weight excluding hydrogens is 404 g/mol. The van der Waals surface area contributed by atoms with Gasteiger partial charge in [-0.15, -0.1) is 11.8 Å². The summed E-state index contributed by atoms with van der Waals surface area (Å²) in [6, 6.07) is 0. The molecule has 0 atom stereocenters. The molecule has 4 nitrogen and oxygen atoms in total. The van der Waals surface area contributed by atoms with Gasteiger partial charge in [0.05, 0.1) is 10.3 Å². The van der Waals surface area contributed by atoms with Gasteiger partial charge in [0.1, 0.15) is 0 Å². The number of carbonyl (C=O) groups is 2. The fourth-order valence-electron chi connectivity index (χ4n) is 8.90. The van der Waals surface area contributed by atoms with E-state index in [0.29, 0.717) is 11.8 Å². The largest absolute Gasteiger partial charge is 0.342 e. The molecule has 1 spiro atoms. The maximum atomic E-state index is 13.8. The Labute approximate surface area is 192 Å². The first-order valence-corrected chi connectivity index (χ1v) is 14.3. The molecular formula is C26H40N2O2S. The molecule has 0 aromatic rings. The molecule has 0 N–H and O–H groups in total. The Hall–Kier alpha value is -0.710. The van der Waals surface area contributed by atoms with Crippen molar-refractivity contribution >= 4 is 23.6 Å². The van der Waals surface area contributed by atoms with Gasteiger partial charge in [-0.1, -0.05) is 25.7 Å². The molecule has 7 aliphatic rings. The standard InChI is InChI=1S/C26H40N2O2S/c29-23(6-5-19-3-1-2-4-19)28-11-12-31-26(28)7-9-27(10-8-26)24(30)25-16-20-13-21(17-25)15-22(14-20)18-25/h19-22H,1-18H2. The Bertz CT molecular complexity index is 688. The Morgan fingerprint density at radius 1 is 0.871 bits per heavy atom. The highest BCUT2D eigenvalue weighted by atomic mass is 32.2. The summed E-state index contributed by atoms with van der Waals surface area (Å²) in [5.74, 6) is 5.20. The average molecular weight is 445 g/mol. The topological polar surface area (TPSA) is 40.6 Å². The van der Waals surface area contributed by atoms with E-state index in [1.807, 2.05) is 11.8 Å². The fourth-order valence-corrected chi connectivity index (χ4v) is 10.4. The van der Waals surface area contributed by atoms with E-state index in [0.717, 1.165) is 74.7 Å². The Morgan fingerprint density at radius 3 is 2.10 bits per heavy atom. The van der Waals surface area contributed by atoms with Crippen LogP contribution in [0.3, 0.4) is 0 Å². The molecule has 31 heavy (non-hydrogen) atoms. The van der Waals surface area contributed by atoms with Gasteiger partial charge >= 0.3 is 0 Å².